The summed E-state index contributed by atoms with van der Waals surface area (Å²) >= 11 is 0. The van der Waals surface area contributed by atoms with Crippen molar-refractivity contribution in [1.29, 1.82) is 0 Å². The van der Waals surface area contributed by atoms with Gasteiger partial charge in [0.2, 0.25) is 11.7 Å². The van der Waals surface area contributed by atoms with Crippen LogP contribution in [0.1, 0.15) is 32.6 Å². The predicted octanol–water partition coefficient (Wildman–Crippen LogP) is 4.58. The summed E-state index contributed by atoms with van der Waals surface area (Å²) in [5.41, 5.74) is 0.445. The Hall–Kier alpha value is -4.87. The molecule has 9 nitrogen and oxygen atoms in total. The number of ether oxygens (including phenoxy) is 1. The first-order valence-corrected chi connectivity index (χ1v) is 11.9. The number of halogens is 3. The number of carbonyl (C=O) groups excluding carboxylic acids is 2. The Bertz CT molecular complexity index is 1640. The Labute approximate surface area is 218 Å². The van der Waals surface area contributed by atoms with E-state index in [4.69, 9.17) is 9.84 Å². The van der Waals surface area contributed by atoms with Crippen LogP contribution < -0.4 is 5.32 Å². The number of aromatic amines is 1. The number of rotatable bonds is 4. The lowest BCUT2D eigenvalue weighted by Gasteiger charge is -2.42. The minimum atomic E-state index is -5.34. The summed E-state index contributed by atoms with van der Waals surface area (Å²) in [5.74, 6) is -3.14. The highest BCUT2D eigenvalue weighted by Gasteiger charge is 2.59. The van der Waals surface area contributed by atoms with E-state index in [2.05, 4.69) is 15.3 Å². The zero-order valence-corrected chi connectivity index (χ0v) is 20.0. The summed E-state index contributed by atoms with van der Waals surface area (Å²) in [7, 11) is 0. The number of nitrogens with zero attached hydrogens (tertiary/aromatic N) is 2. The quantitative estimate of drug-likeness (QED) is 0.328. The van der Waals surface area contributed by atoms with Crippen molar-refractivity contribution in [3.05, 3.63) is 94.5 Å². The molecule has 0 saturated carbocycles. The molecule has 1 aliphatic heterocycles. The van der Waals surface area contributed by atoms with E-state index in [0.29, 0.717) is 18.4 Å². The van der Waals surface area contributed by atoms with Crippen LogP contribution in [0.25, 0.3) is 11.0 Å². The minimum absolute atomic E-state index is 0.0624. The molecule has 4 aromatic rings. The van der Waals surface area contributed by atoms with Crippen molar-refractivity contribution in [2.75, 3.05) is 5.32 Å². The number of nitrogens with one attached hydrogen (secondary N) is 2. The third-order valence-corrected chi connectivity index (χ3v) is 7.05. The number of esters is 1. The molecule has 1 aromatic heterocycles. The Morgan fingerprint density at radius 2 is 1.72 bits per heavy atom. The third-order valence-electron chi connectivity index (χ3n) is 7.05. The van der Waals surface area contributed by atoms with Crippen LogP contribution in [0, 0.1) is 0 Å². The number of H-pyrrole nitrogens is 1. The zero-order chi connectivity index (χ0) is 27.5. The van der Waals surface area contributed by atoms with Gasteiger partial charge in [-0.1, -0.05) is 48.5 Å². The monoisotopic (exact) mass is 536 g/mol. The van der Waals surface area contributed by atoms with Gasteiger partial charge in [-0.3, -0.25) is 15.0 Å². The molecule has 39 heavy (non-hydrogen) atoms. The lowest BCUT2D eigenvalue weighted by Crippen LogP contribution is -2.54. The summed E-state index contributed by atoms with van der Waals surface area (Å²) in [6.45, 7) is 0. The third kappa shape index (κ3) is 3.87. The van der Waals surface area contributed by atoms with Gasteiger partial charge in [0.15, 0.2) is 0 Å². The van der Waals surface area contributed by atoms with Crippen molar-refractivity contribution in [3.63, 3.8) is 0 Å². The fraction of sp³-hybridized carbons (Fsp3) is 0.185. The minimum Gasteiger partial charge on any atom is -0.465 e. The molecule has 2 aliphatic rings. The van der Waals surface area contributed by atoms with Gasteiger partial charge < -0.3 is 14.8 Å². The highest BCUT2D eigenvalue weighted by molar-refractivity contribution is 6.01. The topological polar surface area (TPSA) is 125 Å². The molecule has 2 amide bonds. The fourth-order valence-corrected chi connectivity index (χ4v) is 5.54. The second-order valence-corrected chi connectivity index (χ2v) is 9.33. The molecule has 3 N–H and O–H groups in total. The predicted molar refractivity (Wildman–Crippen MR) is 131 cm³/mol. The van der Waals surface area contributed by atoms with E-state index in [9.17, 15) is 27.6 Å². The van der Waals surface area contributed by atoms with Crippen LogP contribution in [0.5, 0.6) is 0 Å². The lowest BCUT2D eigenvalue weighted by atomic mass is 9.92. The zero-order valence-electron chi connectivity index (χ0n) is 20.0. The van der Waals surface area contributed by atoms with Gasteiger partial charge in [-0.15, -0.1) is 0 Å². The molecule has 1 unspecified atom stereocenters. The maximum Gasteiger partial charge on any atom is 0.491 e. The molecular formula is C27H19F3N4O5. The maximum absolute atomic E-state index is 13.9. The van der Waals surface area contributed by atoms with Gasteiger partial charge in [0, 0.05) is 22.7 Å². The Morgan fingerprint density at radius 1 is 1.05 bits per heavy atom. The van der Waals surface area contributed by atoms with Gasteiger partial charge in [0.05, 0.1) is 11.0 Å². The standard InChI is InChI=1S/C27H19F3N4O5/c28-27(29,30)23(36)39-26(16-9-10-20-21(13-16)32-24(31-20)33-25(37)38)19-8-4-3-7-18(19)22(35)34(26)17-11-14-5-1-2-6-15(14)12-17/h1-10,13,17H,11-12H2,(H,37,38)(H2,31,32,33). The SMILES string of the molecule is O=C(O)Nc1nc2ccc(C3(OC(=O)C(F)(F)F)c4ccccc4C(=O)N3C3Cc4ccccc4C3)cc2[nH]1. The number of carbonyl (C=O) groups is 3. The Morgan fingerprint density at radius 3 is 2.38 bits per heavy atom. The van der Waals surface area contributed by atoms with Crippen LogP contribution in [0.3, 0.4) is 0 Å². The molecule has 6 rings (SSSR count). The summed E-state index contributed by atoms with van der Waals surface area (Å²) < 4.78 is 46.5. The highest BCUT2D eigenvalue weighted by atomic mass is 19.4. The molecule has 0 saturated heterocycles. The summed E-state index contributed by atoms with van der Waals surface area (Å²) in [6.07, 6.45) is -6.01. The van der Waals surface area contributed by atoms with Crippen LogP contribution in [0.4, 0.5) is 23.9 Å². The molecule has 3 aromatic carbocycles. The second-order valence-electron chi connectivity index (χ2n) is 9.33. The number of carboxylic acid groups (broad SMARTS) is 1. The average molecular weight is 536 g/mol. The van der Waals surface area contributed by atoms with E-state index in [0.717, 1.165) is 11.1 Å². The number of alkyl halides is 3. The average Bonchev–Trinajstić information content (AvgIpc) is 3.55. The van der Waals surface area contributed by atoms with Crippen molar-refractivity contribution in [1.82, 2.24) is 14.9 Å². The summed E-state index contributed by atoms with van der Waals surface area (Å²) in [6, 6.07) is 17.2. The molecule has 2 heterocycles. The first-order chi connectivity index (χ1) is 18.6. The molecule has 0 spiro atoms. The van der Waals surface area contributed by atoms with Crippen LogP contribution in [-0.4, -0.2) is 50.2 Å². The van der Waals surface area contributed by atoms with Crippen LogP contribution in [0.15, 0.2) is 66.7 Å². The van der Waals surface area contributed by atoms with Gasteiger partial charge in [-0.2, -0.15) is 13.2 Å². The van der Waals surface area contributed by atoms with Crippen LogP contribution >= 0.6 is 0 Å². The van der Waals surface area contributed by atoms with Crippen LogP contribution in [-0.2, 0) is 28.1 Å². The van der Waals surface area contributed by atoms with E-state index in [-0.39, 0.29) is 28.2 Å². The molecule has 0 radical (unpaired) electrons. The molecule has 198 valence electrons. The van der Waals surface area contributed by atoms with Crippen molar-refractivity contribution >= 4 is 35.0 Å². The number of fused-ring (bicyclic) bond motifs is 3. The van der Waals surface area contributed by atoms with Crippen molar-refractivity contribution in [2.45, 2.75) is 30.8 Å². The highest BCUT2D eigenvalue weighted by Crippen LogP contribution is 2.49. The van der Waals surface area contributed by atoms with Crippen molar-refractivity contribution in [2.24, 2.45) is 0 Å². The van der Waals surface area contributed by atoms with E-state index in [1.807, 2.05) is 24.3 Å². The first-order valence-electron chi connectivity index (χ1n) is 11.9. The number of imidazole rings is 1. The molecule has 1 atom stereocenters. The number of hydrogen-bond donors (Lipinski definition) is 3. The molecule has 1 aliphatic carbocycles. The Balaban J connectivity index is 1.57. The van der Waals surface area contributed by atoms with Crippen molar-refractivity contribution in [3.8, 4) is 0 Å². The van der Waals surface area contributed by atoms with Gasteiger partial charge >= 0.3 is 18.2 Å². The second kappa shape index (κ2) is 8.58. The first kappa shape index (κ1) is 24.5. The largest absolute Gasteiger partial charge is 0.491 e. The van der Waals surface area contributed by atoms with E-state index < -0.39 is 35.9 Å². The lowest BCUT2D eigenvalue weighted by molar-refractivity contribution is -0.224. The number of hydrogen-bond acceptors (Lipinski definition) is 5. The number of amides is 2. The fourth-order valence-electron chi connectivity index (χ4n) is 5.54. The van der Waals surface area contributed by atoms with Gasteiger partial charge in [-0.25, -0.2) is 14.6 Å². The number of anilines is 1. The molecule has 0 fully saturated rings. The number of aromatic nitrogens is 2. The smallest absolute Gasteiger partial charge is 0.465 e. The van der Waals surface area contributed by atoms with Gasteiger partial charge in [-0.05, 0) is 42.2 Å². The van der Waals surface area contributed by atoms with Gasteiger partial charge in [0.1, 0.15) is 0 Å². The molecule has 12 heteroatoms. The van der Waals surface area contributed by atoms with Gasteiger partial charge in [0.25, 0.3) is 5.91 Å². The summed E-state index contributed by atoms with van der Waals surface area (Å²) in [4.78, 5) is 45.6. The van der Waals surface area contributed by atoms with Crippen LogP contribution in [0.2, 0.25) is 0 Å². The van der Waals surface area contributed by atoms with E-state index in [1.165, 1.54) is 35.2 Å². The normalized spacial score (nSPS) is 18.7. The van der Waals surface area contributed by atoms with E-state index in [1.54, 1.807) is 12.1 Å². The Kier molecular flexibility index (Phi) is 5.38. The van der Waals surface area contributed by atoms with Crippen molar-refractivity contribution < 1.29 is 37.4 Å². The van der Waals surface area contributed by atoms with E-state index >= 15 is 0 Å². The number of benzene rings is 3. The molecular weight excluding hydrogens is 517 g/mol. The maximum atomic E-state index is 13.9. The summed E-state index contributed by atoms with van der Waals surface area (Å²) in [5, 5.41) is 11.1. The molecule has 0 bridgehead atoms.